The van der Waals surface area contributed by atoms with Crippen LogP contribution in [-0.4, -0.2) is 40.2 Å². The molecule has 0 aliphatic rings. The van der Waals surface area contributed by atoms with E-state index in [1.54, 1.807) is 18.4 Å². The second kappa shape index (κ2) is 7.73. The number of aromatic nitrogens is 2. The summed E-state index contributed by atoms with van der Waals surface area (Å²) in [7, 11) is 1.30. The fraction of sp³-hybridized carbons (Fsp3) is 0.500. The molecule has 2 heterocycles. The van der Waals surface area contributed by atoms with Gasteiger partial charge in [0.05, 0.1) is 12.3 Å². The molecule has 2 aromatic rings. The average molecular weight is 358 g/mol. The summed E-state index contributed by atoms with van der Waals surface area (Å²) in [5.74, 6) is 0.0687. The van der Waals surface area contributed by atoms with E-state index in [1.165, 1.54) is 7.05 Å². The molecule has 0 saturated heterocycles. The Balaban J connectivity index is 2.13. The second-order valence-corrected chi connectivity index (χ2v) is 5.50. The van der Waals surface area contributed by atoms with Crippen molar-refractivity contribution in [1.82, 2.24) is 20.0 Å². The summed E-state index contributed by atoms with van der Waals surface area (Å²) in [5, 5.41) is 6.02. The lowest BCUT2D eigenvalue weighted by Gasteiger charge is -2.28. The Morgan fingerprint density at radius 3 is 2.56 bits per heavy atom. The van der Waals surface area contributed by atoms with E-state index in [1.807, 2.05) is 13.8 Å². The van der Waals surface area contributed by atoms with E-state index in [9.17, 15) is 18.0 Å². The Bertz CT molecular complexity index is 691. The maximum absolute atomic E-state index is 12.7. The molecule has 1 atom stereocenters. The van der Waals surface area contributed by atoms with E-state index in [4.69, 9.17) is 4.42 Å². The average Bonchev–Trinajstić information content (AvgIpc) is 3.20. The lowest BCUT2D eigenvalue weighted by atomic mass is 10.1. The van der Waals surface area contributed by atoms with Crippen molar-refractivity contribution in [2.75, 3.05) is 19.6 Å². The summed E-state index contributed by atoms with van der Waals surface area (Å²) in [5.41, 5.74) is -1.24. The minimum atomic E-state index is -4.59. The van der Waals surface area contributed by atoms with Gasteiger partial charge in [-0.2, -0.15) is 18.3 Å². The molecule has 9 heteroatoms. The highest BCUT2D eigenvalue weighted by molar-refractivity contribution is 5.92. The number of halogens is 3. The number of nitrogens with zero attached hydrogens (tertiary/aromatic N) is 3. The molecule has 0 bridgehead atoms. The number of alkyl halides is 3. The van der Waals surface area contributed by atoms with Crippen LogP contribution >= 0.6 is 0 Å². The molecular formula is C16H21F3N4O2. The van der Waals surface area contributed by atoms with Gasteiger partial charge < -0.3 is 9.73 Å². The van der Waals surface area contributed by atoms with Gasteiger partial charge in [-0.1, -0.05) is 13.8 Å². The van der Waals surface area contributed by atoms with Crippen LogP contribution in [0.5, 0.6) is 0 Å². The highest BCUT2D eigenvalue weighted by Gasteiger charge is 2.35. The Hall–Kier alpha value is -2.29. The Labute approximate surface area is 143 Å². The largest absolute Gasteiger partial charge is 0.468 e. The predicted molar refractivity (Wildman–Crippen MR) is 84.9 cm³/mol. The quantitative estimate of drug-likeness (QED) is 0.827. The third-order valence-electron chi connectivity index (χ3n) is 3.98. The number of amides is 1. The fourth-order valence-electron chi connectivity index (χ4n) is 2.65. The normalized spacial score (nSPS) is 13.2. The molecule has 0 aliphatic carbocycles. The zero-order valence-corrected chi connectivity index (χ0v) is 14.3. The van der Waals surface area contributed by atoms with Crippen LogP contribution in [0.1, 0.15) is 41.8 Å². The number of likely N-dealkylation sites (N-methyl/N-ethyl adjacent to an activating group) is 1. The van der Waals surface area contributed by atoms with Crippen molar-refractivity contribution in [3.63, 3.8) is 0 Å². The van der Waals surface area contributed by atoms with Crippen LogP contribution in [0.3, 0.4) is 0 Å². The van der Waals surface area contributed by atoms with Crippen molar-refractivity contribution >= 4 is 5.91 Å². The predicted octanol–water partition coefficient (Wildman–Crippen LogP) is 2.84. The highest BCUT2D eigenvalue weighted by atomic mass is 19.4. The smallest absolute Gasteiger partial charge is 0.435 e. The molecule has 2 rings (SSSR count). The van der Waals surface area contributed by atoms with Gasteiger partial charge in [0.2, 0.25) is 0 Å². The van der Waals surface area contributed by atoms with E-state index in [0.29, 0.717) is 5.76 Å². The summed E-state index contributed by atoms with van der Waals surface area (Å²) >= 11 is 0. The van der Waals surface area contributed by atoms with Gasteiger partial charge in [-0.3, -0.25) is 14.4 Å². The van der Waals surface area contributed by atoms with Crippen molar-refractivity contribution in [2.45, 2.75) is 26.1 Å². The summed E-state index contributed by atoms with van der Waals surface area (Å²) in [6, 6.07) is 4.10. The minimum Gasteiger partial charge on any atom is -0.468 e. The van der Waals surface area contributed by atoms with Crippen LogP contribution in [0.15, 0.2) is 28.9 Å². The SMILES string of the molecule is CCN(CC)[C@@H](CNC(=O)c1cc(C(F)(F)F)nn1C)c1ccco1. The summed E-state index contributed by atoms with van der Waals surface area (Å²) < 4.78 is 44.5. The van der Waals surface area contributed by atoms with Crippen molar-refractivity contribution in [3.05, 3.63) is 41.6 Å². The molecule has 0 aliphatic heterocycles. The monoisotopic (exact) mass is 358 g/mol. The first-order chi connectivity index (χ1) is 11.8. The molecule has 0 fully saturated rings. The van der Waals surface area contributed by atoms with Crippen molar-refractivity contribution < 1.29 is 22.4 Å². The van der Waals surface area contributed by atoms with Crippen LogP contribution in [0, 0.1) is 0 Å². The minimum absolute atomic E-state index is 0.148. The summed E-state index contributed by atoms with van der Waals surface area (Å²) in [6.45, 7) is 5.65. The number of carbonyl (C=O) groups excluding carboxylic acids is 1. The molecule has 2 aromatic heterocycles. The molecular weight excluding hydrogens is 337 g/mol. The van der Waals surface area contributed by atoms with E-state index < -0.39 is 17.8 Å². The Morgan fingerprint density at radius 1 is 1.40 bits per heavy atom. The van der Waals surface area contributed by atoms with Gasteiger partial charge in [0.15, 0.2) is 5.69 Å². The molecule has 0 aromatic carbocycles. The van der Waals surface area contributed by atoms with Gasteiger partial charge in [-0.05, 0) is 25.2 Å². The summed E-state index contributed by atoms with van der Waals surface area (Å²) in [4.78, 5) is 14.4. The Morgan fingerprint density at radius 2 is 2.08 bits per heavy atom. The first-order valence-corrected chi connectivity index (χ1v) is 7.94. The van der Waals surface area contributed by atoms with E-state index >= 15 is 0 Å². The van der Waals surface area contributed by atoms with E-state index in [0.717, 1.165) is 23.8 Å². The third-order valence-corrected chi connectivity index (χ3v) is 3.98. The zero-order valence-electron chi connectivity index (χ0n) is 14.3. The lowest BCUT2D eigenvalue weighted by Crippen LogP contribution is -2.38. The number of carbonyl (C=O) groups is 1. The van der Waals surface area contributed by atoms with Gasteiger partial charge in [-0.25, -0.2) is 0 Å². The third kappa shape index (κ3) is 4.41. The van der Waals surface area contributed by atoms with Crippen LogP contribution < -0.4 is 5.32 Å². The first kappa shape index (κ1) is 19.0. The lowest BCUT2D eigenvalue weighted by molar-refractivity contribution is -0.141. The molecule has 6 nitrogen and oxygen atoms in total. The molecule has 0 saturated carbocycles. The fourth-order valence-corrected chi connectivity index (χ4v) is 2.65. The summed E-state index contributed by atoms with van der Waals surface area (Å²) in [6.07, 6.45) is -3.04. The van der Waals surface area contributed by atoms with Crippen molar-refractivity contribution in [2.24, 2.45) is 7.05 Å². The van der Waals surface area contributed by atoms with Crippen LogP contribution in [0.2, 0.25) is 0 Å². The highest BCUT2D eigenvalue weighted by Crippen LogP contribution is 2.28. The number of nitrogens with one attached hydrogen (secondary N) is 1. The Kier molecular flexibility index (Phi) is 5.89. The number of hydrogen-bond donors (Lipinski definition) is 1. The van der Waals surface area contributed by atoms with Gasteiger partial charge in [0.1, 0.15) is 11.5 Å². The molecule has 1 amide bonds. The van der Waals surface area contributed by atoms with Gasteiger partial charge in [0, 0.05) is 19.7 Å². The molecule has 0 unspecified atom stereocenters. The van der Waals surface area contributed by atoms with Crippen LogP contribution in [0.25, 0.3) is 0 Å². The van der Waals surface area contributed by atoms with Gasteiger partial charge in [-0.15, -0.1) is 0 Å². The second-order valence-electron chi connectivity index (χ2n) is 5.50. The van der Waals surface area contributed by atoms with Crippen molar-refractivity contribution in [1.29, 1.82) is 0 Å². The molecule has 0 spiro atoms. The van der Waals surface area contributed by atoms with Crippen molar-refractivity contribution in [3.8, 4) is 0 Å². The number of hydrogen-bond acceptors (Lipinski definition) is 4. The van der Waals surface area contributed by atoms with Gasteiger partial charge in [0.25, 0.3) is 5.91 Å². The first-order valence-electron chi connectivity index (χ1n) is 7.94. The molecule has 138 valence electrons. The van der Waals surface area contributed by atoms with Gasteiger partial charge >= 0.3 is 6.18 Å². The van der Waals surface area contributed by atoms with Crippen LogP contribution in [0.4, 0.5) is 13.2 Å². The van der Waals surface area contributed by atoms with E-state index in [-0.39, 0.29) is 18.3 Å². The molecule has 0 radical (unpaired) electrons. The molecule has 1 N–H and O–H groups in total. The van der Waals surface area contributed by atoms with E-state index in [2.05, 4.69) is 15.3 Å². The standard InChI is InChI=1S/C16H21F3N4O2/c1-4-23(5-2)12(13-7-6-8-25-13)10-20-15(24)11-9-14(16(17,18)19)21-22(11)3/h6-9,12H,4-5,10H2,1-3H3,(H,20,24)/t12-/m0/s1. The maximum Gasteiger partial charge on any atom is 0.435 e. The number of aryl methyl sites for hydroxylation is 1. The maximum atomic E-state index is 12.7. The number of furan rings is 1. The number of rotatable bonds is 7. The van der Waals surface area contributed by atoms with Crippen LogP contribution in [-0.2, 0) is 13.2 Å². The topological polar surface area (TPSA) is 63.3 Å². The molecule has 25 heavy (non-hydrogen) atoms. The zero-order chi connectivity index (χ0) is 18.6.